The van der Waals surface area contributed by atoms with Gasteiger partial charge in [0.15, 0.2) is 0 Å². The highest BCUT2D eigenvalue weighted by Gasteiger charge is 2.21. The molecule has 1 amide bonds. The SMILES string of the molecule is Cn1ccnc1C(NC(=O)c1ccc(Br)s1)c1ccccc1. The van der Waals surface area contributed by atoms with E-state index < -0.39 is 0 Å². The smallest absolute Gasteiger partial charge is 0.262 e. The molecule has 0 aliphatic rings. The van der Waals surface area contributed by atoms with E-state index in [1.807, 2.05) is 60.3 Å². The van der Waals surface area contributed by atoms with Gasteiger partial charge in [-0.3, -0.25) is 4.79 Å². The van der Waals surface area contributed by atoms with Gasteiger partial charge in [-0.15, -0.1) is 11.3 Å². The summed E-state index contributed by atoms with van der Waals surface area (Å²) < 4.78 is 2.85. The van der Waals surface area contributed by atoms with Crippen LogP contribution in [0.15, 0.2) is 58.6 Å². The van der Waals surface area contributed by atoms with Crippen LogP contribution < -0.4 is 5.32 Å². The third kappa shape index (κ3) is 3.13. The average Bonchev–Trinajstić information content (AvgIpc) is 3.14. The highest BCUT2D eigenvalue weighted by Crippen LogP contribution is 2.25. The lowest BCUT2D eigenvalue weighted by molar-refractivity contribution is 0.0945. The molecule has 22 heavy (non-hydrogen) atoms. The summed E-state index contributed by atoms with van der Waals surface area (Å²) in [6, 6.07) is 13.3. The first-order valence-electron chi connectivity index (χ1n) is 6.73. The molecule has 1 N–H and O–H groups in total. The Labute approximate surface area is 140 Å². The molecule has 0 saturated carbocycles. The van der Waals surface area contributed by atoms with Gasteiger partial charge in [-0.1, -0.05) is 30.3 Å². The first kappa shape index (κ1) is 15.0. The largest absolute Gasteiger partial charge is 0.337 e. The fourth-order valence-electron chi connectivity index (χ4n) is 2.24. The summed E-state index contributed by atoms with van der Waals surface area (Å²) in [5.41, 5.74) is 1.00. The maximum atomic E-state index is 12.5. The number of rotatable bonds is 4. The molecule has 3 aromatic rings. The number of carbonyl (C=O) groups is 1. The quantitative estimate of drug-likeness (QED) is 0.754. The van der Waals surface area contributed by atoms with Crippen molar-refractivity contribution in [3.63, 3.8) is 0 Å². The van der Waals surface area contributed by atoms with Crippen LogP contribution in [0.3, 0.4) is 0 Å². The molecule has 0 saturated heterocycles. The lowest BCUT2D eigenvalue weighted by Gasteiger charge is -2.18. The maximum absolute atomic E-state index is 12.5. The summed E-state index contributed by atoms with van der Waals surface area (Å²) in [5, 5.41) is 3.07. The highest BCUT2D eigenvalue weighted by atomic mass is 79.9. The van der Waals surface area contributed by atoms with E-state index in [4.69, 9.17) is 0 Å². The van der Waals surface area contributed by atoms with Crippen LogP contribution >= 0.6 is 27.3 Å². The van der Waals surface area contributed by atoms with E-state index in [-0.39, 0.29) is 11.9 Å². The number of nitrogens with zero attached hydrogens (tertiary/aromatic N) is 2. The van der Waals surface area contributed by atoms with Gasteiger partial charge in [0.2, 0.25) is 0 Å². The number of halogens is 1. The van der Waals surface area contributed by atoms with Gasteiger partial charge in [0.05, 0.1) is 8.66 Å². The zero-order chi connectivity index (χ0) is 15.5. The van der Waals surface area contributed by atoms with Crippen molar-refractivity contribution in [2.75, 3.05) is 0 Å². The number of carbonyl (C=O) groups excluding carboxylic acids is 1. The van der Waals surface area contributed by atoms with E-state index >= 15 is 0 Å². The Morgan fingerprint density at radius 1 is 1.27 bits per heavy atom. The van der Waals surface area contributed by atoms with Crippen molar-refractivity contribution in [2.24, 2.45) is 7.05 Å². The fourth-order valence-corrected chi connectivity index (χ4v) is 3.53. The fraction of sp³-hybridized carbons (Fsp3) is 0.125. The van der Waals surface area contributed by atoms with Crippen molar-refractivity contribution in [2.45, 2.75) is 6.04 Å². The molecule has 1 aromatic carbocycles. The van der Waals surface area contributed by atoms with Crippen molar-refractivity contribution in [1.29, 1.82) is 0 Å². The normalized spacial score (nSPS) is 12.1. The van der Waals surface area contributed by atoms with Gasteiger partial charge < -0.3 is 9.88 Å². The van der Waals surface area contributed by atoms with E-state index in [0.717, 1.165) is 15.2 Å². The summed E-state index contributed by atoms with van der Waals surface area (Å²) in [5.74, 6) is 0.697. The number of thiophene rings is 1. The number of amides is 1. The summed E-state index contributed by atoms with van der Waals surface area (Å²) in [7, 11) is 1.92. The van der Waals surface area contributed by atoms with Crippen LogP contribution in [0.4, 0.5) is 0 Å². The second-order valence-electron chi connectivity index (χ2n) is 4.82. The van der Waals surface area contributed by atoms with Crippen LogP contribution in [0.1, 0.15) is 27.1 Å². The predicted octanol–water partition coefficient (Wildman–Crippen LogP) is 3.76. The van der Waals surface area contributed by atoms with Crippen LogP contribution in [-0.4, -0.2) is 15.5 Å². The summed E-state index contributed by atoms with van der Waals surface area (Å²) in [4.78, 5) is 17.5. The predicted molar refractivity (Wildman–Crippen MR) is 91.0 cm³/mol. The van der Waals surface area contributed by atoms with Gasteiger partial charge in [0, 0.05) is 19.4 Å². The van der Waals surface area contributed by atoms with Crippen LogP contribution in [0, 0.1) is 0 Å². The number of aromatic nitrogens is 2. The molecule has 112 valence electrons. The van der Waals surface area contributed by atoms with Crippen LogP contribution in [0.25, 0.3) is 0 Å². The molecule has 0 bridgehead atoms. The van der Waals surface area contributed by atoms with E-state index in [1.165, 1.54) is 11.3 Å². The summed E-state index contributed by atoms with van der Waals surface area (Å²) >= 11 is 4.80. The molecule has 1 unspecified atom stereocenters. The number of aryl methyl sites for hydroxylation is 1. The van der Waals surface area contributed by atoms with Crippen molar-refractivity contribution in [3.05, 3.63) is 74.9 Å². The zero-order valence-corrected chi connectivity index (χ0v) is 14.3. The van der Waals surface area contributed by atoms with Gasteiger partial charge in [0.1, 0.15) is 11.9 Å². The zero-order valence-electron chi connectivity index (χ0n) is 11.9. The number of nitrogens with one attached hydrogen (secondary N) is 1. The summed E-state index contributed by atoms with van der Waals surface area (Å²) in [6.45, 7) is 0. The molecule has 4 nitrogen and oxygen atoms in total. The van der Waals surface area contributed by atoms with E-state index in [1.54, 1.807) is 6.20 Å². The van der Waals surface area contributed by atoms with Crippen molar-refractivity contribution in [1.82, 2.24) is 14.9 Å². The third-order valence-electron chi connectivity index (χ3n) is 3.32. The lowest BCUT2D eigenvalue weighted by Crippen LogP contribution is -2.30. The molecule has 1 atom stereocenters. The van der Waals surface area contributed by atoms with Crippen LogP contribution in [0.5, 0.6) is 0 Å². The Kier molecular flexibility index (Phi) is 4.40. The van der Waals surface area contributed by atoms with E-state index in [0.29, 0.717) is 4.88 Å². The van der Waals surface area contributed by atoms with Crippen molar-refractivity contribution >= 4 is 33.2 Å². The molecule has 0 aliphatic heterocycles. The van der Waals surface area contributed by atoms with Crippen LogP contribution in [0.2, 0.25) is 0 Å². The molecule has 0 radical (unpaired) electrons. The molecular formula is C16H14BrN3OS. The van der Waals surface area contributed by atoms with Crippen LogP contribution in [-0.2, 0) is 7.05 Å². The topological polar surface area (TPSA) is 46.9 Å². The monoisotopic (exact) mass is 375 g/mol. The van der Waals surface area contributed by atoms with E-state index in [9.17, 15) is 4.79 Å². The maximum Gasteiger partial charge on any atom is 0.262 e. The molecule has 3 rings (SSSR count). The van der Waals surface area contributed by atoms with Gasteiger partial charge in [-0.25, -0.2) is 4.98 Å². The van der Waals surface area contributed by atoms with Gasteiger partial charge >= 0.3 is 0 Å². The number of imidazole rings is 1. The Balaban J connectivity index is 1.93. The second kappa shape index (κ2) is 6.46. The first-order chi connectivity index (χ1) is 10.6. The minimum absolute atomic E-state index is 0.104. The molecule has 6 heteroatoms. The number of hydrogen-bond donors (Lipinski definition) is 1. The Morgan fingerprint density at radius 2 is 2.05 bits per heavy atom. The Hall–Kier alpha value is -1.92. The first-order valence-corrected chi connectivity index (χ1v) is 8.34. The van der Waals surface area contributed by atoms with Gasteiger partial charge in [-0.05, 0) is 33.6 Å². The van der Waals surface area contributed by atoms with E-state index in [2.05, 4.69) is 26.2 Å². The molecular weight excluding hydrogens is 362 g/mol. The highest BCUT2D eigenvalue weighted by molar-refractivity contribution is 9.11. The number of benzene rings is 1. The van der Waals surface area contributed by atoms with Crippen molar-refractivity contribution < 1.29 is 4.79 Å². The Bertz CT molecular complexity index is 782. The lowest BCUT2D eigenvalue weighted by atomic mass is 10.1. The molecule has 0 aliphatic carbocycles. The van der Waals surface area contributed by atoms with Crippen molar-refractivity contribution in [3.8, 4) is 0 Å². The van der Waals surface area contributed by atoms with Gasteiger partial charge in [0.25, 0.3) is 5.91 Å². The molecule has 2 aromatic heterocycles. The summed E-state index contributed by atoms with van der Waals surface area (Å²) in [6.07, 6.45) is 3.61. The van der Waals surface area contributed by atoms with Gasteiger partial charge in [-0.2, -0.15) is 0 Å². The molecule has 2 heterocycles. The standard InChI is InChI=1S/C16H14BrN3OS/c1-20-10-9-18-15(20)14(11-5-3-2-4-6-11)19-16(21)12-7-8-13(17)22-12/h2-10,14H,1H3,(H,19,21). The molecule has 0 spiro atoms. The third-order valence-corrected chi connectivity index (χ3v) is 4.94. The second-order valence-corrected chi connectivity index (χ2v) is 7.28. The molecule has 0 fully saturated rings. The minimum atomic E-state index is -0.283. The average molecular weight is 376 g/mol. The minimum Gasteiger partial charge on any atom is -0.337 e. The number of hydrogen-bond acceptors (Lipinski definition) is 3. The Morgan fingerprint density at radius 3 is 2.64 bits per heavy atom.